The minimum Gasteiger partial charge on any atom is -0.289 e. The molecule has 4 aromatic carbocycles. The summed E-state index contributed by atoms with van der Waals surface area (Å²) < 4.78 is 1.94. The van der Waals surface area contributed by atoms with Gasteiger partial charge in [0.1, 0.15) is 0 Å². The molecular weight excluding hydrogens is 380 g/mol. The number of hydrogen-bond acceptors (Lipinski definition) is 2. The number of carbonyl (C=O) groups excluding carboxylic acids is 1. The van der Waals surface area contributed by atoms with Gasteiger partial charge in [0.05, 0.1) is 17.1 Å². The number of nitrogens with zero attached hydrogens (tertiary/aromatic N) is 2. The molecule has 0 saturated carbocycles. The van der Waals surface area contributed by atoms with Gasteiger partial charge >= 0.3 is 0 Å². The highest BCUT2D eigenvalue weighted by molar-refractivity contribution is 6.09. The average molecular weight is 400 g/mol. The predicted molar refractivity (Wildman–Crippen MR) is 124 cm³/mol. The van der Waals surface area contributed by atoms with Crippen LogP contribution in [-0.4, -0.2) is 15.6 Å². The smallest absolute Gasteiger partial charge is 0.193 e. The molecule has 0 atom stereocenters. The third-order valence-corrected chi connectivity index (χ3v) is 5.26. The average Bonchev–Trinajstić information content (AvgIpc) is 3.31. The molecule has 0 aliphatic rings. The maximum absolute atomic E-state index is 12.7. The first kappa shape index (κ1) is 18.8. The van der Waals surface area contributed by atoms with Crippen molar-refractivity contribution in [2.75, 3.05) is 0 Å². The van der Waals surface area contributed by atoms with E-state index in [0.717, 1.165) is 28.2 Å². The summed E-state index contributed by atoms with van der Waals surface area (Å²) in [4.78, 5) is 12.7. The molecule has 0 saturated heterocycles. The van der Waals surface area contributed by atoms with Gasteiger partial charge in [0, 0.05) is 22.3 Å². The summed E-state index contributed by atoms with van der Waals surface area (Å²) in [6.45, 7) is 0. The summed E-state index contributed by atoms with van der Waals surface area (Å²) in [6.07, 6.45) is 0. The van der Waals surface area contributed by atoms with Crippen molar-refractivity contribution in [1.29, 1.82) is 0 Å². The minimum atomic E-state index is 0.0147. The summed E-state index contributed by atoms with van der Waals surface area (Å²) in [5.74, 6) is 0.0147. The Bertz CT molecular complexity index is 1310. The lowest BCUT2D eigenvalue weighted by Crippen LogP contribution is -2.03. The zero-order valence-corrected chi connectivity index (χ0v) is 16.8. The van der Waals surface area contributed by atoms with Crippen molar-refractivity contribution < 1.29 is 4.79 Å². The summed E-state index contributed by atoms with van der Waals surface area (Å²) >= 11 is 0. The van der Waals surface area contributed by atoms with Crippen LogP contribution in [0.1, 0.15) is 15.9 Å². The Balaban J connectivity index is 1.56. The number of hydrogen-bond donors (Lipinski definition) is 0. The maximum Gasteiger partial charge on any atom is 0.193 e. The Morgan fingerprint density at radius 2 is 1.10 bits per heavy atom. The van der Waals surface area contributed by atoms with E-state index in [2.05, 4.69) is 30.3 Å². The molecule has 31 heavy (non-hydrogen) atoms. The van der Waals surface area contributed by atoms with Gasteiger partial charge in [-0.2, -0.15) is 5.10 Å². The predicted octanol–water partition coefficient (Wildman–Crippen LogP) is 6.44. The third-order valence-electron chi connectivity index (χ3n) is 5.26. The second-order valence-electron chi connectivity index (χ2n) is 7.30. The van der Waals surface area contributed by atoms with E-state index in [1.165, 1.54) is 0 Å². The van der Waals surface area contributed by atoms with Gasteiger partial charge in [-0.3, -0.25) is 4.79 Å². The Hall–Kier alpha value is -4.24. The molecule has 3 heteroatoms. The van der Waals surface area contributed by atoms with Crippen molar-refractivity contribution in [3.05, 3.63) is 132 Å². The Morgan fingerprint density at radius 3 is 1.71 bits per heavy atom. The van der Waals surface area contributed by atoms with Gasteiger partial charge in [0.2, 0.25) is 0 Å². The number of carbonyl (C=O) groups is 1. The summed E-state index contributed by atoms with van der Waals surface area (Å²) in [7, 11) is 0. The molecule has 0 N–H and O–H groups in total. The van der Waals surface area contributed by atoms with Crippen LogP contribution in [0.5, 0.6) is 0 Å². The van der Waals surface area contributed by atoms with E-state index in [4.69, 9.17) is 5.10 Å². The highest BCUT2D eigenvalue weighted by Gasteiger charge is 2.14. The van der Waals surface area contributed by atoms with Crippen LogP contribution in [0.4, 0.5) is 0 Å². The van der Waals surface area contributed by atoms with E-state index in [1.807, 2.05) is 95.7 Å². The molecule has 148 valence electrons. The second kappa shape index (κ2) is 8.25. The molecule has 1 aromatic heterocycles. The van der Waals surface area contributed by atoms with Crippen LogP contribution in [-0.2, 0) is 0 Å². The van der Waals surface area contributed by atoms with Gasteiger partial charge in [0.25, 0.3) is 0 Å². The largest absolute Gasteiger partial charge is 0.289 e. The van der Waals surface area contributed by atoms with Crippen LogP contribution in [0.2, 0.25) is 0 Å². The fraction of sp³-hybridized carbons (Fsp3) is 0. The molecule has 0 fully saturated rings. The van der Waals surface area contributed by atoms with Gasteiger partial charge in [-0.1, -0.05) is 91.0 Å². The summed E-state index contributed by atoms with van der Waals surface area (Å²) in [5, 5.41) is 4.89. The Morgan fingerprint density at radius 1 is 0.581 bits per heavy atom. The number of rotatable bonds is 5. The van der Waals surface area contributed by atoms with Crippen molar-refractivity contribution in [3.63, 3.8) is 0 Å². The first-order valence-corrected chi connectivity index (χ1v) is 10.2. The number of benzene rings is 4. The normalized spacial score (nSPS) is 10.7. The van der Waals surface area contributed by atoms with Crippen LogP contribution in [0, 0.1) is 0 Å². The zero-order chi connectivity index (χ0) is 21.0. The first-order valence-electron chi connectivity index (χ1n) is 10.2. The Labute approximate surface area is 181 Å². The van der Waals surface area contributed by atoms with Crippen LogP contribution in [0.3, 0.4) is 0 Å². The van der Waals surface area contributed by atoms with Crippen LogP contribution in [0.25, 0.3) is 28.2 Å². The van der Waals surface area contributed by atoms with Gasteiger partial charge in [0.15, 0.2) is 5.78 Å². The zero-order valence-electron chi connectivity index (χ0n) is 16.8. The van der Waals surface area contributed by atoms with Crippen molar-refractivity contribution in [3.8, 4) is 28.2 Å². The molecule has 0 radical (unpaired) electrons. The molecule has 0 unspecified atom stereocenters. The van der Waals surface area contributed by atoms with Crippen LogP contribution in [0.15, 0.2) is 121 Å². The third kappa shape index (κ3) is 3.81. The van der Waals surface area contributed by atoms with Crippen molar-refractivity contribution in [1.82, 2.24) is 9.78 Å². The molecule has 3 nitrogen and oxygen atoms in total. The molecular formula is C28H20N2O. The van der Waals surface area contributed by atoms with E-state index < -0.39 is 0 Å². The molecule has 5 rings (SSSR count). The molecule has 0 amide bonds. The lowest BCUT2D eigenvalue weighted by molar-refractivity contribution is 0.103. The quantitative estimate of drug-likeness (QED) is 0.318. The summed E-state index contributed by atoms with van der Waals surface area (Å²) in [5.41, 5.74) is 6.31. The van der Waals surface area contributed by atoms with Crippen molar-refractivity contribution in [2.45, 2.75) is 0 Å². The van der Waals surface area contributed by atoms with E-state index in [9.17, 15) is 4.79 Å². The van der Waals surface area contributed by atoms with E-state index in [0.29, 0.717) is 11.1 Å². The highest BCUT2D eigenvalue weighted by atomic mass is 16.1. The van der Waals surface area contributed by atoms with Crippen LogP contribution < -0.4 is 0 Å². The lowest BCUT2D eigenvalue weighted by Gasteiger charge is -2.09. The van der Waals surface area contributed by atoms with Crippen molar-refractivity contribution in [2.24, 2.45) is 0 Å². The van der Waals surface area contributed by atoms with Crippen LogP contribution >= 0.6 is 0 Å². The van der Waals surface area contributed by atoms with E-state index in [1.54, 1.807) is 0 Å². The minimum absolute atomic E-state index is 0.0147. The van der Waals surface area contributed by atoms with Crippen molar-refractivity contribution >= 4 is 5.78 Å². The monoisotopic (exact) mass is 400 g/mol. The topological polar surface area (TPSA) is 34.9 Å². The summed E-state index contributed by atoms with van der Waals surface area (Å²) in [6, 6.07) is 39.4. The van der Waals surface area contributed by atoms with Gasteiger partial charge in [-0.05, 0) is 30.3 Å². The van der Waals surface area contributed by atoms with Gasteiger partial charge in [-0.15, -0.1) is 0 Å². The molecule has 0 spiro atoms. The molecule has 0 aliphatic heterocycles. The molecule has 0 bridgehead atoms. The fourth-order valence-electron chi connectivity index (χ4n) is 3.65. The SMILES string of the molecule is O=C(c1ccccc1)c1ccc(-n2nc(-c3ccccc3)cc2-c2ccccc2)cc1. The number of aromatic nitrogens is 2. The van der Waals surface area contributed by atoms with Gasteiger partial charge in [-0.25, -0.2) is 4.68 Å². The molecule has 5 aromatic rings. The van der Waals surface area contributed by atoms with E-state index >= 15 is 0 Å². The maximum atomic E-state index is 12.7. The lowest BCUT2D eigenvalue weighted by atomic mass is 10.0. The first-order chi connectivity index (χ1) is 15.3. The van der Waals surface area contributed by atoms with Gasteiger partial charge < -0.3 is 0 Å². The molecule has 1 heterocycles. The van der Waals surface area contributed by atoms with E-state index in [-0.39, 0.29) is 5.78 Å². The standard InChI is InChI=1S/C28H20N2O/c31-28(23-14-8-3-9-15-23)24-16-18-25(19-17-24)30-27(22-12-6-2-7-13-22)20-26(29-30)21-10-4-1-5-11-21/h1-20H. The highest BCUT2D eigenvalue weighted by Crippen LogP contribution is 2.29. The molecule has 0 aliphatic carbocycles. The fourth-order valence-corrected chi connectivity index (χ4v) is 3.65. The Kier molecular flexibility index (Phi) is 4.99. The number of ketones is 1. The second-order valence-corrected chi connectivity index (χ2v) is 7.30.